The van der Waals surface area contributed by atoms with Gasteiger partial charge in [-0.3, -0.25) is 4.79 Å². The maximum atomic E-state index is 12.4. The molecule has 0 aliphatic heterocycles. The summed E-state index contributed by atoms with van der Waals surface area (Å²) in [4.78, 5) is 16.6. The second-order valence-electron chi connectivity index (χ2n) is 5.92. The summed E-state index contributed by atoms with van der Waals surface area (Å²) in [5.41, 5.74) is 0.919. The Balaban J connectivity index is 1.54. The third-order valence-electron chi connectivity index (χ3n) is 3.86. The van der Waals surface area contributed by atoms with Gasteiger partial charge >= 0.3 is 6.61 Å². The molecular formula is C20H17ClF2N2O4S. The number of nitrogens with one attached hydrogen (secondary N) is 1. The second-order valence-corrected chi connectivity index (χ2v) is 7.29. The molecule has 10 heteroatoms. The van der Waals surface area contributed by atoms with Crippen LogP contribution in [0.1, 0.15) is 21.1 Å². The molecule has 0 unspecified atom stereocenters. The van der Waals surface area contributed by atoms with Gasteiger partial charge in [0.25, 0.3) is 5.91 Å². The molecular weight excluding hydrogens is 438 g/mol. The minimum Gasteiger partial charge on any atom is -0.493 e. The Hall–Kier alpha value is -2.91. The van der Waals surface area contributed by atoms with Crippen molar-refractivity contribution >= 4 is 28.8 Å². The maximum Gasteiger partial charge on any atom is 0.387 e. The molecule has 0 saturated carbocycles. The Morgan fingerprint density at radius 3 is 2.67 bits per heavy atom. The lowest BCUT2D eigenvalue weighted by Crippen LogP contribution is -2.23. The van der Waals surface area contributed by atoms with Gasteiger partial charge in [0.05, 0.1) is 7.11 Å². The molecule has 0 bridgehead atoms. The van der Waals surface area contributed by atoms with Crippen LogP contribution in [0.5, 0.6) is 17.2 Å². The lowest BCUT2D eigenvalue weighted by atomic mass is 10.2. The van der Waals surface area contributed by atoms with Crippen LogP contribution in [0.2, 0.25) is 5.02 Å². The van der Waals surface area contributed by atoms with E-state index in [4.69, 9.17) is 21.1 Å². The normalized spacial score (nSPS) is 10.7. The summed E-state index contributed by atoms with van der Waals surface area (Å²) in [7, 11) is 1.35. The van der Waals surface area contributed by atoms with Crippen LogP contribution < -0.4 is 19.5 Å². The predicted molar refractivity (Wildman–Crippen MR) is 109 cm³/mol. The summed E-state index contributed by atoms with van der Waals surface area (Å²) in [5, 5.41) is 5.62. The van der Waals surface area contributed by atoms with E-state index in [1.807, 2.05) is 0 Å². The van der Waals surface area contributed by atoms with Crippen LogP contribution in [0, 0.1) is 0 Å². The molecule has 0 atom stereocenters. The summed E-state index contributed by atoms with van der Waals surface area (Å²) in [5.74, 6) is 0.356. The number of hydrogen-bond acceptors (Lipinski definition) is 6. The number of carbonyl (C=O) groups is 1. The average molecular weight is 455 g/mol. The molecule has 2 aromatic carbocycles. The number of carbonyl (C=O) groups excluding carboxylic acids is 1. The standard InChI is InChI=1S/C20H17ClF2N2O4S/c1-27-17-8-12(2-7-16(17)29-20(22)23)9-24-19(26)15-11-30-18(25-15)10-28-14-5-3-13(21)4-6-14/h2-8,11,20H,9-10H2,1H3,(H,24,26). The van der Waals surface area contributed by atoms with Crippen molar-refractivity contribution in [3.05, 3.63) is 69.1 Å². The number of methoxy groups -OCH3 is 1. The molecule has 1 aromatic heterocycles. The molecule has 0 aliphatic carbocycles. The Labute approximate surface area is 180 Å². The van der Waals surface area contributed by atoms with E-state index in [0.717, 1.165) is 0 Å². The Morgan fingerprint density at radius 2 is 1.97 bits per heavy atom. The molecule has 3 aromatic rings. The van der Waals surface area contributed by atoms with Crippen LogP contribution >= 0.6 is 22.9 Å². The van der Waals surface area contributed by atoms with Crippen molar-refractivity contribution in [3.8, 4) is 17.2 Å². The third kappa shape index (κ3) is 6.04. The van der Waals surface area contributed by atoms with E-state index >= 15 is 0 Å². The molecule has 0 fully saturated rings. The van der Waals surface area contributed by atoms with Crippen molar-refractivity contribution in [2.24, 2.45) is 0 Å². The fraction of sp³-hybridized carbons (Fsp3) is 0.200. The molecule has 158 valence electrons. The summed E-state index contributed by atoms with van der Waals surface area (Å²) >= 11 is 7.14. The van der Waals surface area contributed by atoms with Gasteiger partial charge in [-0.2, -0.15) is 8.78 Å². The number of benzene rings is 2. The van der Waals surface area contributed by atoms with Crippen LogP contribution in [0.3, 0.4) is 0 Å². The Kier molecular flexibility index (Phi) is 7.42. The SMILES string of the molecule is COc1cc(CNC(=O)c2csc(COc3ccc(Cl)cc3)n2)ccc1OC(F)F. The lowest BCUT2D eigenvalue weighted by molar-refractivity contribution is -0.0512. The number of aromatic nitrogens is 1. The van der Waals surface area contributed by atoms with Crippen molar-refractivity contribution in [1.82, 2.24) is 10.3 Å². The highest BCUT2D eigenvalue weighted by atomic mass is 35.5. The van der Waals surface area contributed by atoms with E-state index in [1.165, 1.54) is 30.6 Å². The molecule has 3 rings (SSSR count). The van der Waals surface area contributed by atoms with Crippen molar-refractivity contribution in [2.75, 3.05) is 7.11 Å². The van der Waals surface area contributed by atoms with Gasteiger partial charge in [0.15, 0.2) is 11.5 Å². The first-order chi connectivity index (χ1) is 14.4. The smallest absolute Gasteiger partial charge is 0.387 e. The number of ether oxygens (including phenoxy) is 3. The number of nitrogens with zero attached hydrogens (tertiary/aromatic N) is 1. The topological polar surface area (TPSA) is 69.7 Å². The van der Waals surface area contributed by atoms with E-state index in [2.05, 4.69) is 15.0 Å². The maximum absolute atomic E-state index is 12.4. The van der Waals surface area contributed by atoms with Gasteiger partial charge in [0.2, 0.25) is 0 Å². The summed E-state index contributed by atoms with van der Waals surface area (Å²) < 4.78 is 39.8. The molecule has 0 radical (unpaired) electrons. The Bertz CT molecular complexity index is 999. The predicted octanol–water partition coefficient (Wildman–Crippen LogP) is 4.92. The van der Waals surface area contributed by atoms with Crippen molar-refractivity contribution in [3.63, 3.8) is 0 Å². The van der Waals surface area contributed by atoms with Crippen LogP contribution in [0.25, 0.3) is 0 Å². The van der Waals surface area contributed by atoms with Crippen LogP contribution in [-0.2, 0) is 13.2 Å². The zero-order chi connectivity index (χ0) is 21.5. The number of rotatable bonds is 9. The van der Waals surface area contributed by atoms with Crippen LogP contribution in [0.4, 0.5) is 8.78 Å². The molecule has 1 amide bonds. The molecule has 1 N–H and O–H groups in total. The van der Waals surface area contributed by atoms with E-state index in [1.54, 1.807) is 35.7 Å². The second kappa shape index (κ2) is 10.2. The molecule has 0 saturated heterocycles. The van der Waals surface area contributed by atoms with Gasteiger partial charge in [-0.1, -0.05) is 17.7 Å². The van der Waals surface area contributed by atoms with Crippen molar-refractivity contribution in [1.29, 1.82) is 0 Å². The molecule has 0 aliphatic rings. The molecule has 1 heterocycles. The van der Waals surface area contributed by atoms with E-state index in [9.17, 15) is 13.6 Å². The lowest BCUT2D eigenvalue weighted by Gasteiger charge is -2.11. The van der Waals surface area contributed by atoms with Gasteiger partial charge in [0, 0.05) is 16.9 Å². The first-order valence-corrected chi connectivity index (χ1v) is 9.93. The number of amides is 1. The average Bonchev–Trinajstić information content (AvgIpc) is 3.21. The zero-order valence-electron chi connectivity index (χ0n) is 15.7. The quantitative estimate of drug-likeness (QED) is 0.497. The number of halogens is 3. The largest absolute Gasteiger partial charge is 0.493 e. The van der Waals surface area contributed by atoms with E-state index < -0.39 is 6.61 Å². The number of thiazole rings is 1. The van der Waals surface area contributed by atoms with E-state index in [0.29, 0.717) is 21.3 Å². The van der Waals surface area contributed by atoms with Gasteiger partial charge in [-0.25, -0.2) is 4.98 Å². The summed E-state index contributed by atoms with van der Waals surface area (Å²) in [6.45, 7) is -2.56. The first-order valence-electron chi connectivity index (χ1n) is 8.67. The van der Waals surface area contributed by atoms with Gasteiger partial charge < -0.3 is 19.5 Å². The van der Waals surface area contributed by atoms with Gasteiger partial charge in [-0.15, -0.1) is 11.3 Å². The number of hydrogen-bond donors (Lipinski definition) is 1. The minimum atomic E-state index is -2.95. The Morgan fingerprint density at radius 1 is 1.20 bits per heavy atom. The van der Waals surface area contributed by atoms with E-state index in [-0.39, 0.29) is 36.3 Å². The fourth-order valence-electron chi connectivity index (χ4n) is 2.45. The highest BCUT2D eigenvalue weighted by Crippen LogP contribution is 2.29. The molecule has 6 nitrogen and oxygen atoms in total. The monoisotopic (exact) mass is 454 g/mol. The fourth-order valence-corrected chi connectivity index (χ4v) is 3.26. The first kappa shape index (κ1) is 21.8. The highest BCUT2D eigenvalue weighted by molar-refractivity contribution is 7.09. The van der Waals surface area contributed by atoms with Crippen LogP contribution in [0.15, 0.2) is 47.8 Å². The van der Waals surface area contributed by atoms with Crippen molar-refractivity contribution < 1.29 is 27.8 Å². The minimum absolute atomic E-state index is 0.0765. The van der Waals surface area contributed by atoms with Gasteiger partial charge in [-0.05, 0) is 42.0 Å². The van der Waals surface area contributed by atoms with Gasteiger partial charge in [0.1, 0.15) is 23.1 Å². The third-order valence-corrected chi connectivity index (χ3v) is 4.93. The zero-order valence-corrected chi connectivity index (χ0v) is 17.3. The summed E-state index contributed by atoms with van der Waals surface area (Å²) in [6.07, 6.45) is 0. The number of alkyl halides is 2. The molecule has 30 heavy (non-hydrogen) atoms. The van der Waals surface area contributed by atoms with Crippen LogP contribution in [-0.4, -0.2) is 24.6 Å². The highest BCUT2D eigenvalue weighted by Gasteiger charge is 2.13. The summed E-state index contributed by atoms with van der Waals surface area (Å²) in [6, 6.07) is 11.4. The molecule has 0 spiro atoms. The van der Waals surface area contributed by atoms with Crippen molar-refractivity contribution in [2.45, 2.75) is 19.8 Å².